The normalized spacial score (nSPS) is 28.4. The summed E-state index contributed by atoms with van der Waals surface area (Å²) in [6, 6.07) is 0.700. The smallest absolute Gasteiger partial charge is 0.0698 e. The van der Waals surface area contributed by atoms with Gasteiger partial charge in [-0.1, -0.05) is 13.8 Å². The Bertz CT molecular complexity index is 168. The van der Waals surface area contributed by atoms with Gasteiger partial charge in [0, 0.05) is 19.7 Å². The Kier molecular flexibility index (Phi) is 5.62. The lowest BCUT2D eigenvalue weighted by Gasteiger charge is -2.28. The Labute approximate surface area is 95.0 Å². The molecule has 90 valence electrons. The Morgan fingerprint density at radius 3 is 2.47 bits per heavy atom. The van der Waals surface area contributed by atoms with E-state index < -0.39 is 0 Å². The molecule has 1 heterocycles. The maximum Gasteiger partial charge on any atom is 0.0698 e. The highest BCUT2D eigenvalue weighted by molar-refractivity contribution is 4.87. The predicted molar refractivity (Wildman–Crippen MR) is 65.1 cm³/mol. The van der Waals surface area contributed by atoms with Gasteiger partial charge in [-0.3, -0.25) is 4.90 Å². The molecule has 1 saturated heterocycles. The molecule has 2 atom stereocenters. The van der Waals surface area contributed by atoms with Gasteiger partial charge < -0.3 is 4.74 Å². The van der Waals surface area contributed by atoms with Gasteiger partial charge in [0.05, 0.1) is 6.10 Å². The summed E-state index contributed by atoms with van der Waals surface area (Å²) in [5, 5.41) is 0. The van der Waals surface area contributed by atoms with Crippen molar-refractivity contribution in [2.45, 2.75) is 58.6 Å². The fourth-order valence-electron chi connectivity index (χ4n) is 2.40. The van der Waals surface area contributed by atoms with Crippen LogP contribution in [-0.2, 0) is 4.74 Å². The second kappa shape index (κ2) is 6.49. The molecule has 15 heavy (non-hydrogen) atoms. The Balaban J connectivity index is 0.000000531. The van der Waals surface area contributed by atoms with Crippen molar-refractivity contribution in [3.05, 3.63) is 0 Å². The molecule has 1 saturated carbocycles. The molecule has 2 aliphatic rings. The summed E-state index contributed by atoms with van der Waals surface area (Å²) in [5.41, 5.74) is 0. The third-order valence-corrected chi connectivity index (χ3v) is 3.52. The fourth-order valence-corrected chi connectivity index (χ4v) is 2.40. The first kappa shape index (κ1) is 13.0. The highest BCUT2D eigenvalue weighted by Crippen LogP contribution is 2.33. The summed E-state index contributed by atoms with van der Waals surface area (Å²) in [5.74, 6) is 1.02. The number of hydrogen-bond donors (Lipinski definition) is 0. The van der Waals surface area contributed by atoms with Gasteiger partial charge in [0.15, 0.2) is 0 Å². The second-order valence-corrected chi connectivity index (χ2v) is 4.59. The van der Waals surface area contributed by atoms with Crippen LogP contribution in [0.5, 0.6) is 0 Å². The van der Waals surface area contributed by atoms with E-state index in [4.69, 9.17) is 4.74 Å². The van der Waals surface area contributed by atoms with Crippen molar-refractivity contribution in [1.82, 2.24) is 4.90 Å². The zero-order valence-corrected chi connectivity index (χ0v) is 10.8. The third-order valence-electron chi connectivity index (χ3n) is 3.52. The van der Waals surface area contributed by atoms with Gasteiger partial charge in [-0.05, 0) is 45.1 Å². The van der Waals surface area contributed by atoms with E-state index in [9.17, 15) is 0 Å². The highest BCUT2D eigenvalue weighted by atomic mass is 16.5. The Morgan fingerprint density at radius 2 is 1.93 bits per heavy atom. The number of likely N-dealkylation sites (tertiary alicyclic amines) is 1. The van der Waals surface area contributed by atoms with E-state index in [-0.39, 0.29) is 0 Å². The largest absolute Gasteiger partial charge is 0.380 e. The SMILES string of the molecule is CC.CO[C@@H](C)[C@@H]1CCCN1CC1CC1. The summed E-state index contributed by atoms with van der Waals surface area (Å²) in [4.78, 5) is 2.64. The van der Waals surface area contributed by atoms with Crippen molar-refractivity contribution in [1.29, 1.82) is 0 Å². The van der Waals surface area contributed by atoms with Crippen molar-refractivity contribution in [3.8, 4) is 0 Å². The molecular weight excluding hydrogens is 186 g/mol. The van der Waals surface area contributed by atoms with Gasteiger partial charge >= 0.3 is 0 Å². The molecule has 0 unspecified atom stereocenters. The summed E-state index contributed by atoms with van der Waals surface area (Å²) >= 11 is 0. The van der Waals surface area contributed by atoms with Gasteiger partial charge in [0.1, 0.15) is 0 Å². The molecule has 0 amide bonds. The predicted octanol–water partition coefficient (Wildman–Crippen LogP) is 2.92. The van der Waals surface area contributed by atoms with E-state index in [0.717, 1.165) is 5.92 Å². The monoisotopic (exact) mass is 213 g/mol. The summed E-state index contributed by atoms with van der Waals surface area (Å²) < 4.78 is 5.42. The lowest BCUT2D eigenvalue weighted by atomic mass is 10.1. The van der Waals surface area contributed by atoms with Gasteiger partial charge in [-0.15, -0.1) is 0 Å². The maximum atomic E-state index is 5.42. The van der Waals surface area contributed by atoms with E-state index >= 15 is 0 Å². The average Bonchev–Trinajstić information content (AvgIpc) is 2.97. The molecule has 0 radical (unpaired) electrons. The van der Waals surface area contributed by atoms with E-state index in [1.54, 1.807) is 0 Å². The standard InChI is InChI=1S/C11H21NO.C2H6/c1-9(13-2)11-4-3-7-12(11)8-10-5-6-10;1-2/h9-11H,3-8H2,1-2H3;1-2H3/t9-,11-;/m0./s1. The van der Waals surface area contributed by atoms with Crippen LogP contribution in [0.15, 0.2) is 0 Å². The molecule has 0 N–H and O–H groups in total. The first-order valence-corrected chi connectivity index (χ1v) is 6.58. The van der Waals surface area contributed by atoms with Crippen molar-refractivity contribution in [3.63, 3.8) is 0 Å². The molecule has 1 aliphatic carbocycles. The van der Waals surface area contributed by atoms with Crippen molar-refractivity contribution >= 4 is 0 Å². The molecule has 0 aromatic heterocycles. The van der Waals surface area contributed by atoms with Gasteiger partial charge in [0.2, 0.25) is 0 Å². The van der Waals surface area contributed by atoms with Gasteiger partial charge in [-0.2, -0.15) is 0 Å². The number of ether oxygens (including phenoxy) is 1. The molecule has 0 aromatic carbocycles. The second-order valence-electron chi connectivity index (χ2n) is 4.59. The zero-order valence-electron chi connectivity index (χ0n) is 10.8. The number of hydrogen-bond acceptors (Lipinski definition) is 2. The number of nitrogens with zero attached hydrogens (tertiary/aromatic N) is 1. The molecule has 2 nitrogen and oxygen atoms in total. The zero-order chi connectivity index (χ0) is 11.3. The molecular formula is C13H27NO. The van der Waals surface area contributed by atoms with E-state index in [0.29, 0.717) is 12.1 Å². The molecule has 2 heteroatoms. The van der Waals surface area contributed by atoms with Crippen molar-refractivity contribution in [2.75, 3.05) is 20.2 Å². The van der Waals surface area contributed by atoms with Crippen LogP contribution in [0.1, 0.15) is 46.5 Å². The molecule has 0 aromatic rings. The number of methoxy groups -OCH3 is 1. The molecule has 2 rings (SSSR count). The van der Waals surface area contributed by atoms with Crippen LogP contribution in [0.2, 0.25) is 0 Å². The van der Waals surface area contributed by atoms with E-state index in [2.05, 4.69) is 11.8 Å². The summed E-state index contributed by atoms with van der Waals surface area (Å²) in [7, 11) is 1.83. The Morgan fingerprint density at radius 1 is 1.27 bits per heavy atom. The minimum absolute atomic E-state index is 0.418. The van der Waals surface area contributed by atoms with Crippen LogP contribution in [0.4, 0.5) is 0 Å². The quantitative estimate of drug-likeness (QED) is 0.712. The van der Waals surface area contributed by atoms with Crippen LogP contribution in [0.25, 0.3) is 0 Å². The molecule has 0 bridgehead atoms. The van der Waals surface area contributed by atoms with E-state index in [1.165, 1.54) is 38.8 Å². The first-order valence-electron chi connectivity index (χ1n) is 6.58. The van der Waals surface area contributed by atoms with Crippen molar-refractivity contribution in [2.24, 2.45) is 5.92 Å². The van der Waals surface area contributed by atoms with Gasteiger partial charge in [-0.25, -0.2) is 0 Å². The first-order chi connectivity index (χ1) is 7.31. The van der Waals surface area contributed by atoms with Crippen molar-refractivity contribution < 1.29 is 4.74 Å². The average molecular weight is 213 g/mol. The lowest BCUT2D eigenvalue weighted by molar-refractivity contribution is 0.0424. The lowest BCUT2D eigenvalue weighted by Crippen LogP contribution is -2.39. The van der Waals surface area contributed by atoms with Crippen LogP contribution in [-0.4, -0.2) is 37.2 Å². The summed E-state index contributed by atoms with van der Waals surface area (Å²) in [6.45, 7) is 8.84. The van der Waals surface area contributed by atoms with Crippen LogP contribution >= 0.6 is 0 Å². The third kappa shape index (κ3) is 3.76. The van der Waals surface area contributed by atoms with Crippen LogP contribution < -0.4 is 0 Å². The topological polar surface area (TPSA) is 12.5 Å². The number of rotatable bonds is 4. The minimum atomic E-state index is 0.418. The van der Waals surface area contributed by atoms with Crippen LogP contribution in [0, 0.1) is 5.92 Å². The fraction of sp³-hybridized carbons (Fsp3) is 1.00. The maximum absolute atomic E-state index is 5.42. The minimum Gasteiger partial charge on any atom is -0.380 e. The van der Waals surface area contributed by atoms with Crippen LogP contribution in [0.3, 0.4) is 0 Å². The highest BCUT2D eigenvalue weighted by Gasteiger charge is 2.33. The van der Waals surface area contributed by atoms with E-state index in [1.807, 2.05) is 21.0 Å². The molecule has 0 spiro atoms. The Hall–Kier alpha value is -0.0800. The molecule has 1 aliphatic heterocycles. The summed E-state index contributed by atoms with van der Waals surface area (Å²) in [6.07, 6.45) is 6.04. The molecule has 2 fully saturated rings. The van der Waals surface area contributed by atoms with Gasteiger partial charge in [0.25, 0.3) is 0 Å².